The molecule has 3 nitrogen and oxygen atoms in total. The van der Waals surface area contributed by atoms with E-state index in [1.165, 1.54) is 5.41 Å². The molecule has 1 heterocycles. The first-order valence-electron chi connectivity index (χ1n) is 3.97. The lowest BCUT2D eigenvalue weighted by Crippen LogP contribution is -2.43. The van der Waals surface area contributed by atoms with Crippen molar-refractivity contribution < 1.29 is 8.42 Å². The van der Waals surface area contributed by atoms with Crippen LogP contribution in [0.4, 0.5) is 0 Å². The van der Waals surface area contributed by atoms with Gasteiger partial charge in [-0.2, -0.15) is 0 Å². The third-order valence-corrected chi connectivity index (χ3v) is 2.94. The number of sulfone groups is 1. The van der Waals surface area contributed by atoms with E-state index in [1.54, 1.807) is 6.08 Å². The van der Waals surface area contributed by atoms with Crippen LogP contribution in [0.2, 0.25) is 0 Å². The predicted octanol–water partition coefficient (Wildman–Crippen LogP) is 0.685. The maximum absolute atomic E-state index is 11.0. The molecule has 1 aliphatic rings. The second kappa shape index (κ2) is 2.85. The van der Waals surface area contributed by atoms with Gasteiger partial charge in [-0.1, -0.05) is 6.08 Å². The van der Waals surface area contributed by atoms with Crippen LogP contribution in [-0.2, 0) is 9.84 Å². The predicted molar refractivity (Wildman–Crippen MR) is 49.6 cm³/mol. The molecule has 1 unspecified atom stereocenters. The summed E-state index contributed by atoms with van der Waals surface area (Å²) in [6.07, 6.45) is 1.71. The number of hydrogen-bond donors (Lipinski definition) is 1. The average Bonchev–Trinajstić information content (AvgIpc) is 2.05. The molecular formula is C8H15NO2S. The fraction of sp³-hybridized carbons (Fsp3) is 0.750. The number of rotatable bonds is 1. The van der Waals surface area contributed by atoms with Gasteiger partial charge in [-0.15, -0.1) is 0 Å². The Bertz CT molecular complexity index is 285. The minimum Gasteiger partial charge on any atom is -0.305 e. The van der Waals surface area contributed by atoms with Crippen LogP contribution in [0.1, 0.15) is 20.8 Å². The van der Waals surface area contributed by atoms with Crippen molar-refractivity contribution in [1.82, 2.24) is 5.32 Å². The molecule has 0 radical (unpaired) electrons. The van der Waals surface area contributed by atoms with Gasteiger partial charge in [0.15, 0.2) is 9.84 Å². The number of hydrogen-bond acceptors (Lipinski definition) is 3. The van der Waals surface area contributed by atoms with Crippen molar-refractivity contribution in [3.63, 3.8) is 0 Å². The Balaban J connectivity index is 2.57. The molecule has 12 heavy (non-hydrogen) atoms. The van der Waals surface area contributed by atoms with E-state index in [4.69, 9.17) is 0 Å². The summed E-state index contributed by atoms with van der Waals surface area (Å²) < 4.78 is 22.0. The van der Waals surface area contributed by atoms with Gasteiger partial charge in [0.2, 0.25) is 0 Å². The summed E-state index contributed by atoms with van der Waals surface area (Å²) in [5.41, 5.74) is -0.0329. The lowest BCUT2D eigenvalue weighted by Gasteiger charge is -2.24. The highest BCUT2D eigenvalue weighted by Crippen LogP contribution is 2.11. The third kappa shape index (κ3) is 2.95. The van der Waals surface area contributed by atoms with Crippen LogP contribution >= 0.6 is 0 Å². The molecule has 0 aromatic rings. The molecule has 0 amide bonds. The van der Waals surface area contributed by atoms with E-state index in [-0.39, 0.29) is 17.3 Å². The standard InChI is InChI=1S/C8H15NO2S/c1-8(2,3)9-7-4-5-12(10,11)6-7/h4-5,7,9H,6H2,1-3H3. The van der Waals surface area contributed by atoms with E-state index in [0.717, 1.165) is 0 Å². The van der Waals surface area contributed by atoms with Crippen LogP contribution in [0.25, 0.3) is 0 Å². The van der Waals surface area contributed by atoms with E-state index >= 15 is 0 Å². The molecule has 1 aliphatic heterocycles. The van der Waals surface area contributed by atoms with Gasteiger partial charge < -0.3 is 5.32 Å². The van der Waals surface area contributed by atoms with Crippen LogP contribution < -0.4 is 5.32 Å². The Kier molecular flexibility index (Phi) is 2.31. The molecule has 0 saturated carbocycles. The highest BCUT2D eigenvalue weighted by Gasteiger charge is 2.24. The first kappa shape index (κ1) is 9.74. The Labute approximate surface area is 73.8 Å². The number of nitrogens with one attached hydrogen (secondary N) is 1. The highest BCUT2D eigenvalue weighted by molar-refractivity contribution is 7.94. The van der Waals surface area contributed by atoms with Crippen molar-refractivity contribution in [2.75, 3.05) is 5.75 Å². The fourth-order valence-electron chi connectivity index (χ4n) is 1.22. The lowest BCUT2D eigenvalue weighted by atomic mass is 10.1. The highest BCUT2D eigenvalue weighted by atomic mass is 32.2. The Morgan fingerprint density at radius 2 is 2.00 bits per heavy atom. The molecule has 0 bridgehead atoms. The smallest absolute Gasteiger partial charge is 0.173 e. The molecule has 1 rings (SSSR count). The molecule has 0 spiro atoms. The van der Waals surface area contributed by atoms with Crippen LogP contribution in [0.15, 0.2) is 11.5 Å². The zero-order valence-corrected chi connectivity index (χ0v) is 8.48. The SMILES string of the molecule is CC(C)(C)NC1C=CS(=O)(=O)C1. The van der Waals surface area contributed by atoms with Gasteiger partial charge in [0.1, 0.15) is 0 Å². The topological polar surface area (TPSA) is 46.2 Å². The molecule has 70 valence electrons. The van der Waals surface area contributed by atoms with E-state index in [0.29, 0.717) is 0 Å². The van der Waals surface area contributed by atoms with Crippen LogP contribution in [0, 0.1) is 0 Å². The summed E-state index contributed by atoms with van der Waals surface area (Å²) in [5, 5.41) is 4.50. The van der Waals surface area contributed by atoms with Crippen molar-refractivity contribution in [3.8, 4) is 0 Å². The van der Waals surface area contributed by atoms with Gasteiger partial charge in [-0.3, -0.25) is 0 Å². The van der Waals surface area contributed by atoms with Crippen molar-refractivity contribution >= 4 is 9.84 Å². The third-order valence-electron chi connectivity index (χ3n) is 1.55. The lowest BCUT2D eigenvalue weighted by molar-refractivity contribution is 0.406. The zero-order valence-electron chi connectivity index (χ0n) is 7.66. The quantitative estimate of drug-likeness (QED) is 0.660. The molecule has 0 aromatic carbocycles. The molecule has 1 N–H and O–H groups in total. The first-order chi connectivity index (χ1) is 5.29. The molecule has 1 atom stereocenters. The van der Waals surface area contributed by atoms with Gasteiger partial charge in [-0.25, -0.2) is 8.42 Å². The largest absolute Gasteiger partial charge is 0.305 e. The van der Waals surface area contributed by atoms with Crippen molar-refractivity contribution in [2.24, 2.45) is 0 Å². The van der Waals surface area contributed by atoms with E-state index in [1.807, 2.05) is 20.8 Å². The summed E-state index contributed by atoms with van der Waals surface area (Å²) in [6.45, 7) is 6.06. The van der Waals surface area contributed by atoms with Crippen LogP contribution in [-0.4, -0.2) is 25.8 Å². The maximum Gasteiger partial charge on any atom is 0.173 e. The van der Waals surface area contributed by atoms with E-state index in [9.17, 15) is 8.42 Å². The van der Waals surface area contributed by atoms with E-state index < -0.39 is 9.84 Å². The van der Waals surface area contributed by atoms with Crippen molar-refractivity contribution in [2.45, 2.75) is 32.4 Å². The molecule has 0 saturated heterocycles. The molecule has 0 fully saturated rings. The fourth-order valence-corrected chi connectivity index (χ4v) is 2.46. The van der Waals surface area contributed by atoms with E-state index in [2.05, 4.69) is 5.32 Å². The molecule has 4 heteroatoms. The summed E-state index contributed by atoms with van der Waals surface area (Å²) in [4.78, 5) is 0. The monoisotopic (exact) mass is 189 g/mol. The van der Waals surface area contributed by atoms with Crippen LogP contribution in [0.5, 0.6) is 0 Å². The summed E-state index contributed by atoms with van der Waals surface area (Å²) >= 11 is 0. The molecular weight excluding hydrogens is 174 g/mol. The van der Waals surface area contributed by atoms with Gasteiger partial charge >= 0.3 is 0 Å². The van der Waals surface area contributed by atoms with Gasteiger partial charge in [-0.05, 0) is 20.8 Å². The Hall–Kier alpha value is -0.350. The summed E-state index contributed by atoms with van der Waals surface area (Å²) in [6, 6.07) is -0.0185. The minimum absolute atomic E-state index is 0.0185. The molecule has 0 aromatic heterocycles. The second-order valence-electron chi connectivity index (χ2n) is 4.16. The average molecular weight is 189 g/mol. The zero-order chi connectivity index (χ0) is 9.41. The molecule has 0 aliphatic carbocycles. The van der Waals surface area contributed by atoms with Crippen molar-refractivity contribution in [1.29, 1.82) is 0 Å². The normalized spacial score (nSPS) is 27.8. The van der Waals surface area contributed by atoms with Crippen molar-refractivity contribution in [3.05, 3.63) is 11.5 Å². The first-order valence-corrected chi connectivity index (χ1v) is 5.69. The maximum atomic E-state index is 11.0. The van der Waals surface area contributed by atoms with Gasteiger partial charge in [0, 0.05) is 17.0 Å². The Morgan fingerprint density at radius 1 is 1.42 bits per heavy atom. The minimum atomic E-state index is -2.91. The van der Waals surface area contributed by atoms with Gasteiger partial charge in [0.05, 0.1) is 5.75 Å². The van der Waals surface area contributed by atoms with Gasteiger partial charge in [0.25, 0.3) is 0 Å². The second-order valence-corrected chi connectivity index (χ2v) is 6.09. The summed E-state index contributed by atoms with van der Waals surface area (Å²) in [5.74, 6) is 0.199. The summed E-state index contributed by atoms with van der Waals surface area (Å²) in [7, 11) is -2.91. The Morgan fingerprint density at radius 3 is 2.33 bits per heavy atom. The van der Waals surface area contributed by atoms with Crippen LogP contribution in [0.3, 0.4) is 0 Å².